The number of aliphatic imine (C=N–C) groups is 1. The summed E-state index contributed by atoms with van der Waals surface area (Å²) in [7, 11) is 0. The van der Waals surface area contributed by atoms with E-state index in [-0.39, 0.29) is 18.1 Å². The van der Waals surface area contributed by atoms with E-state index < -0.39 is 5.97 Å². The number of thioether (sulfide) groups is 1. The Balaban J connectivity index is 1.50. The van der Waals surface area contributed by atoms with E-state index in [0.717, 1.165) is 15.6 Å². The zero-order valence-electron chi connectivity index (χ0n) is 18.9. The maximum atomic E-state index is 13.0. The molecule has 0 atom stereocenters. The number of benzene rings is 3. The van der Waals surface area contributed by atoms with Gasteiger partial charge in [-0.1, -0.05) is 35.3 Å². The van der Waals surface area contributed by atoms with Crippen LogP contribution in [-0.4, -0.2) is 33.6 Å². The maximum Gasteiger partial charge on any atom is 0.335 e. The summed E-state index contributed by atoms with van der Waals surface area (Å²) in [6.45, 7) is 2.61. The van der Waals surface area contributed by atoms with E-state index in [1.807, 2.05) is 31.2 Å². The van der Waals surface area contributed by atoms with Crippen molar-refractivity contribution in [1.82, 2.24) is 4.90 Å². The van der Waals surface area contributed by atoms with Crippen LogP contribution in [0.1, 0.15) is 28.4 Å². The molecule has 3 aromatic carbocycles. The number of nitrogens with zero attached hydrogens (tertiary/aromatic N) is 2. The highest BCUT2D eigenvalue weighted by Crippen LogP contribution is 2.35. The Bertz CT molecular complexity index is 1390. The van der Waals surface area contributed by atoms with E-state index in [1.165, 1.54) is 23.9 Å². The van der Waals surface area contributed by atoms with Gasteiger partial charge in [0.2, 0.25) is 0 Å². The molecule has 0 spiro atoms. The van der Waals surface area contributed by atoms with Gasteiger partial charge in [-0.3, -0.25) is 9.69 Å². The van der Waals surface area contributed by atoms with E-state index in [4.69, 9.17) is 33.0 Å². The Morgan fingerprint density at radius 1 is 1.14 bits per heavy atom. The minimum Gasteiger partial charge on any atom is -0.488 e. The molecule has 1 N–H and O–H groups in total. The molecule has 1 aliphatic heterocycles. The van der Waals surface area contributed by atoms with Gasteiger partial charge in [-0.2, -0.15) is 0 Å². The van der Waals surface area contributed by atoms with Crippen molar-refractivity contribution in [2.24, 2.45) is 4.99 Å². The summed E-state index contributed by atoms with van der Waals surface area (Å²) in [6, 6.07) is 17.0. The normalized spacial score (nSPS) is 15.7. The quantitative estimate of drug-likeness (QED) is 0.280. The van der Waals surface area contributed by atoms with Crippen LogP contribution in [0.5, 0.6) is 5.75 Å². The summed E-state index contributed by atoms with van der Waals surface area (Å²) in [6.07, 6.45) is 1.80. The molecule has 4 rings (SSSR count). The molecule has 0 aliphatic carbocycles. The fourth-order valence-electron chi connectivity index (χ4n) is 3.33. The Morgan fingerprint density at radius 3 is 2.53 bits per heavy atom. The first kappa shape index (κ1) is 26.3. The minimum atomic E-state index is -1.00. The highest BCUT2D eigenvalue weighted by Gasteiger charge is 2.32. The number of likely N-dealkylation sites (N-methyl/N-ethyl adjacent to an activating group) is 1. The summed E-state index contributed by atoms with van der Waals surface area (Å²) in [5, 5.41) is 10.7. The second kappa shape index (κ2) is 11.5. The second-order valence-electron chi connectivity index (χ2n) is 7.62. The van der Waals surface area contributed by atoms with Crippen molar-refractivity contribution in [3.05, 3.63) is 96.8 Å². The number of amides is 1. The lowest BCUT2D eigenvalue weighted by molar-refractivity contribution is -0.122. The van der Waals surface area contributed by atoms with Gasteiger partial charge in [0.15, 0.2) is 5.17 Å². The zero-order valence-corrected chi connectivity index (χ0v) is 22.8. The average Bonchev–Trinajstić information content (AvgIpc) is 3.13. The van der Waals surface area contributed by atoms with E-state index in [1.54, 1.807) is 35.2 Å². The molecule has 10 heteroatoms. The van der Waals surface area contributed by atoms with E-state index >= 15 is 0 Å². The third-order valence-corrected chi connectivity index (χ3v) is 7.41. The maximum absolute atomic E-state index is 13.0. The summed E-state index contributed by atoms with van der Waals surface area (Å²) in [4.78, 5) is 30.7. The largest absolute Gasteiger partial charge is 0.488 e. The standard InChI is InChI=1S/C26H19BrCl2N2O4S/c1-2-31-24(32)23(36-26(31)30-19-8-5-16(6-9-19)25(33)34)12-15-3-10-22(20(27)11-15)35-14-17-4-7-18(28)13-21(17)29/h3-13H,2,14H2,1H3,(H,33,34)/b23-12+,30-26?. The minimum absolute atomic E-state index is 0.141. The molecule has 0 unspecified atom stereocenters. The lowest BCUT2D eigenvalue weighted by Crippen LogP contribution is -2.28. The van der Waals surface area contributed by atoms with Crippen molar-refractivity contribution >= 4 is 79.7 Å². The van der Waals surface area contributed by atoms with Gasteiger partial charge >= 0.3 is 5.97 Å². The van der Waals surface area contributed by atoms with Crippen LogP contribution in [-0.2, 0) is 11.4 Å². The van der Waals surface area contributed by atoms with Gasteiger partial charge in [0, 0.05) is 22.2 Å². The van der Waals surface area contributed by atoms with Gasteiger partial charge in [-0.15, -0.1) is 0 Å². The van der Waals surface area contributed by atoms with E-state index in [2.05, 4.69) is 20.9 Å². The van der Waals surface area contributed by atoms with Gasteiger partial charge < -0.3 is 9.84 Å². The summed E-state index contributed by atoms with van der Waals surface area (Å²) in [5.41, 5.74) is 2.38. The lowest BCUT2D eigenvalue weighted by Gasteiger charge is -2.12. The first-order valence-electron chi connectivity index (χ1n) is 10.7. The summed E-state index contributed by atoms with van der Waals surface area (Å²) < 4.78 is 6.63. The Kier molecular flexibility index (Phi) is 8.41. The number of carboxylic acids is 1. The summed E-state index contributed by atoms with van der Waals surface area (Å²) >= 11 is 17.0. The number of carbonyl (C=O) groups is 2. The van der Waals surface area contributed by atoms with Crippen LogP contribution in [0, 0.1) is 0 Å². The molecule has 0 saturated carbocycles. The fraction of sp³-hybridized carbons (Fsp3) is 0.115. The molecule has 36 heavy (non-hydrogen) atoms. The molecule has 1 aliphatic rings. The van der Waals surface area contributed by atoms with Crippen LogP contribution < -0.4 is 4.74 Å². The van der Waals surface area contributed by atoms with Crippen molar-refractivity contribution in [3.63, 3.8) is 0 Å². The highest BCUT2D eigenvalue weighted by molar-refractivity contribution is 9.10. The number of aromatic carboxylic acids is 1. The number of halogens is 3. The molecule has 1 saturated heterocycles. The van der Waals surface area contributed by atoms with Gasteiger partial charge in [0.25, 0.3) is 5.91 Å². The Hall–Kier alpha value is -2.78. The van der Waals surface area contributed by atoms with Gasteiger partial charge in [0.05, 0.1) is 20.6 Å². The third kappa shape index (κ3) is 6.13. The molecule has 1 fully saturated rings. The number of rotatable bonds is 7. The van der Waals surface area contributed by atoms with Gasteiger partial charge in [-0.25, -0.2) is 9.79 Å². The lowest BCUT2D eigenvalue weighted by atomic mass is 10.2. The average molecular weight is 606 g/mol. The molecule has 0 aromatic heterocycles. The Labute approximate surface area is 230 Å². The van der Waals surface area contributed by atoms with E-state index in [0.29, 0.717) is 38.1 Å². The number of amidine groups is 1. The van der Waals surface area contributed by atoms with Crippen LogP contribution in [0.4, 0.5) is 5.69 Å². The monoisotopic (exact) mass is 604 g/mol. The topological polar surface area (TPSA) is 79.2 Å². The predicted octanol–water partition coefficient (Wildman–Crippen LogP) is 7.66. The fourth-order valence-corrected chi connectivity index (χ4v) is 5.37. The SMILES string of the molecule is CCN1C(=O)/C(=C\c2ccc(OCc3ccc(Cl)cc3Cl)c(Br)c2)SC1=Nc1ccc(C(=O)O)cc1. The number of hydrogen-bond acceptors (Lipinski definition) is 5. The molecular weight excluding hydrogens is 587 g/mol. The predicted molar refractivity (Wildman–Crippen MR) is 148 cm³/mol. The van der Waals surface area contributed by atoms with Crippen molar-refractivity contribution < 1.29 is 19.4 Å². The van der Waals surface area contributed by atoms with Crippen molar-refractivity contribution in [2.45, 2.75) is 13.5 Å². The van der Waals surface area contributed by atoms with Crippen molar-refractivity contribution in [3.8, 4) is 5.75 Å². The third-order valence-electron chi connectivity index (χ3n) is 5.20. The number of hydrogen-bond donors (Lipinski definition) is 1. The number of carboxylic acid groups (broad SMARTS) is 1. The van der Waals surface area contributed by atoms with E-state index in [9.17, 15) is 9.59 Å². The first-order valence-corrected chi connectivity index (χ1v) is 13.1. The smallest absolute Gasteiger partial charge is 0.335 e. The van der Waals surface area contributed by atoms with Crippen LogP contribution in [0.25, 0.3) is 6.08 Å². The highest BCUT2D eigenvalue weighted by atomic mass is 79.9. The Morgan fingerprint density at radius 2 is 1.89 bits per heavy atom. The van der Waals surface area contributed by atoms with Crippen molar-refractivity contribution in [2.75, 3.05) is 6.54 Å². The molecule has 6 nitrogen and oxygen atoms in total. The molecule has 1 amide bonds. The molecule has 1 heterocycles. The number of carbonyl (C=O) groups excluding carboxylic acids is 1. The molecule has 0 radical (unpaired) electrons. The summed E-state index contributed by atoms with van der Waals surface area (Å²) in [5.74, 6) is -0.510. The second-order valence-corrected chi connectivity index (χ2v) is 10.3. The van der Waals surface area contributed by atoms with Crippen LogP contribution in [0.2, 0.25) is 10.0 Å². The van der Waals surface area contributed by atoms with Crippen LogP contribution >= 0.6 is 50.9 Å². The first-order chi connectivity index (χ1) is 17.2. The zero-order chi connectivity index (χ0) is 25.8. The van der Waals surface area contributed by atoms with Crippen LogP contribution in [0.3, 0.4) is 0 Å². The van der Waals surface area contributed by atoms with Crippen LogP contribution in [0.15, 0.2) is 75.0 Å². The molecule has 3 aromatic rings. The van der Waals surface area contributed by atoms with Gasteiger partial charge in [0.1, 0.15) is 12.4 Å². The molecular formula is C26H19BrCl2N2O4S. The molecule has 184 valence electrons. The molecule has 0 bridgehead atoms. The van der Waals surface area contributed by atoms with Gasteiger partial charge in [-0.05, 0) is 94.8 Å². The van der Waals surface area contributed by atoms with Crippen molar-refractivity contribution in [1.29, 1.82) is 0 Å². The number of ether oxygens (including phenoxy) is 1.